The van der Waals surface area contributed by atoms with E-state index in [1.54, 1.807) is 0 Å². The van der Waals surface area contributed by atoms with Crippen LogP contribution in [0, 0.1) is 23.5 Å². The van der Waals surface area contributed by atoms with Gasteiger partial charge in [0.2, 0.25) is 5.67 Å². The number of rotatable bonds is 5. The molecule has 2 saturated carbocycles. The van der Waals surface area contributed by atoms with Gasteiger partial charge in [0.15, 0.2) is 0 Å². The molecule has 130 valence electrons. The minimum Gasteiger partial charge on any atom is -0.480 e. The first-order chi connectivity index (χ1) is 11.1. The number of hydrogen-bond donors (Lipinski definition) is 3. The summed E-state index contributed by atoms with van der Waals surface area (Å²) < 4.78 is 46.8. The standard InChI is InChI=1S/C15H14F3NO5/c16-8-2-1-3-9(17)6(8)5-24-10-4-7-11(14(7,18)12(20)21)15(10,19)13(22)23/h1-3,7,10-11H,4-5,19H2,(H,20,21)(H,22,23)/t7-,10-,11+,14-,15+/m1/s1. The molecule has 5 atom stereocenters. The smallest absolute Gasteiger partial charge is 0.342 e. The van der Waals surface area contributed by atoms with Crippen molar-refractivity contribution in [3.8, 4) is 0 Å². The van der Waals surface area contributed by atoms with Gasteiger partial charge in [0.25, 0.3) is 0 Å². The van der Waals surface area contributed by atoms with Crippen LogP contribution in [-0.4, -0.2) is 39.5 Å². The first kappa shape index (κ1) is 16.7. The molecule has 2 fully saturated rings. The van der Waals surface area contributed by atoms with Crippen molar-refractivity contribution >= 4 is 11.9 Å². The summed E-state index contributed by atoms with van der Waals surface area (Å²) in [6.07, 6.45) is -1.51. The molecule has 1 aromatic carbocycles. The van der Waals surface area contributed by atoms with E-state index < -0.39 is 64.9 Å². The molecule has 0 bridgehead atoms. The number of ether oxygens (including phenoxy) is 1. The van der Waals surface area contributed by atoms with E-state index in [4.69, 9.17) is 15.6 Å². The number of benzene rings is 1. The van der Waals surface area contributed by atoms with Crippen LogP contribution >= 0.6 is 0 Å². The van der Waals surface area contributed by atoms with Gasteiger partial charge in [-0.25, -0.2) is 18.0 Å². The normalized spacial score (nSPS) is 37.1. The molecule has 0 unspecified atom stereocenters. The van der Waals surface area contributed by atoms with Gasteiger partial charge in [-0.1, -0.05) is 6.07 Å². The Morgan fingerprint density at radius 1 is 1.25 bits per heavy atom. The van der Waals surface area contributed by atoms with E-state index in [9.17, 15) is 27.9 Å². The zero-order chi connectivity index (χ0) is 17.9. The van der Waals surface area contributed by atoms with Crippen molar-refractivity contribution in [2.24, 2.45) is 17.6 Å². The second kappa shape index (κ2) is 5.18. The van der Waals surface area contributed by atoms with Crippen LogP contribution in [0.15, 0.2) is 18.2 Å². The van der Waals surface area contributed by atoms with Crippen molar-refractivity contribution in [1.29, 1.82) is 0 Å². The molecule has 6 nitrogen and oxygen atoms in total. The van der Waals surface area contributed by atoms with Crippen molar-refractivity contribution in [2.75, 3.05) is 0 Å². The maximum absolute atomic E-state index is 14.3. The third-order valence-electron chi connectivity index (χ3n) is 4.99. The Bertz CT molecular complexity index is 709. The molecule has 0 spiro atoms. The third-order valence-corrected chi connectivity index (χ3v) is 4.99. The Hall–Kier alpha value is -2.13. The lowest BCUT2D eigenvalue weighted by atomic mass is 9.88. The van der Waals surface area contributed by atoms with Crippen molar-refractivity contribution in [3.05, 3.63) is 35.4 Å². The van der Waals surface area contributed by atoms with Gasteiger partial charge in [-0.15, -0.1) is 0 Å². The number of nitrogens with two attached hydrogens (primary N) is 1. The Balaban J connectivity index is 1.81. The van der Waals surface area contributed by atoms with Crippen LogP contribution in [0.4, 0.5) is 13.2 Å². The highest BCUT2D eigenvalue weighted by Crippen LogP contribution is 2.67. The molecular weight excluding hydrogens is 331 g/mol. The average molecular weight is 345 g/mol. The van der Waals surface area contributed by atoms with Crippen LogP contribution in [0.25, 0.3) is 0 Å². The van der Waals surface area contributed by atoms with Crippen LogP contribution in [0.5, 0.6) is 0 Å². The fourth-order valence-electron chi connectivity index (χ4n) is 3.66. The molecule has 0 radical (unpaired) electrons. The zero-order valence-electron chi connectivity index (χ0n) is 12.2. The second-order valence-corrected chi connectivity index (χ2v) is 6.13. The van der Waals surface area contributed by atoms with Crippen LogP contribution in [0.2, 0.25) is 0 Å². The van der Waals surface area contributed by atoms with Crippen LogP contribution in [0.3, 0.4) is 0 Å². The summed E-state index contributed by atoms with van der Waals surface area (Å²) >= 11 is 0. The van der Waals surface area contributed by atoms with E-state index in [0.717, 1.165) is 18.2 Å². The van der Waals surface area contributed by atoms with Crippen LogP contribution in [-0.2, 0) is 20.9 Å². The van der Waals surface area contributed by atoms with Gasteiger partial charge in [0.05, 0.1) is 12.7 Å². The fraction of sp³-hybridized carbons (Fsp3) is 0.467. The molecule has 2 aliphatic carbocycles. The van der Waals surface area contributed by atoms with Gasteiger partial charge in [0, 0.05) is 17.4 Å². The first-order valence-electron chi connectivity index (χ1n) is 7.14. The molecular formula is C15H14F3NO5. The molecule has 9 heteroatoms. The Morgan fingerprint density at radius 3 is 2.33 bits per heavy atom. The van der Waals surface area contributed by atoms with Crippen LogP contribution < -0.4 is 5.73 Å². The summed E-state index contributed by atoms with van der Waals surface area (Å²) in [5.41, 5.74) is 0.372. The lowest BCUT2D eigenvalue weighted by Crippen LogP contribution is -2.60. The number of carbonyl (C=O) groups is 2. The number of hydrogen-bond acceptors (Lipinski definition) is 4. The number of alkyl halides is 1. The number of halogens is 3. The van der Waals surface area contributed by atoms with Gasteiger partial charge >= 0.3 is 11.9 Å². The summed E-state index contributed by atoms with van der Waals surface area (Å²) in [5, 5.41) is 18.3. The number of carboxylic acids is 2. The predicted molar refractivity (Wildman–Crippen MR) is 72.6 cm³/mol. The molecule has 3 rings (SSSR count). The maximum Gasteiger partial charge on any atom is 0.342 e. The SMILES string of the molecule is N[C@]1(C(=O)O)[C@H]2[C@@H](C[C@H]1OCc1c(F)cccc1F)[C@]2(F)C(=O)O. The summed E-state index contributed by atoms with van der Waals surface area (Å²) in [7, 11) is 0. The molecule has 0 aliphatic heterocycles. The molecule has 0 saturated heterocycles. The molecule has 24 heavy (non-hydrogen) atoms. The number of aliphatic carboxylic acids is 2. The molecule has 0 heterocycles. The maximum atomic E-state index is 14.3. The molecule has 1 aromatic rings. The van der Waals surface area contributed by atoms with Crippen LogP contribution in [0.1, 0.15) is 12.0 Å². The Morgan fingerprint density at radius 2 is 1.83 bits per heavy atom. The Kier molecular flexibility index (Phi) is 3.61. The van der Waals surface area contributed by atoms with E-state index in [-0.39, 0.29) is 6.42 Å². The number of carboxylic acid groups (broad SMARTS) is 2. The zero-order valence-corrected chi connectivity index (χ0v) is 12.2. The van der Waals surface area contributed by atoms with E-state index in [1.807, 2.05) is 0 Å². The highest BCUT2D eigenvalue weighted by Gasteiger charge is 2.85. The van der Waals surface area contributed by atoms with E-state index >= 15 is 0 Å². The first-order valence-corrected chi connectivity index (χ1v) is 7.14. The van der Waals surface area contributed by atoms with Gasteiger partial charge in [-0.05, 0) is 18.6 Å². The van der Waals surface area contributed by atoms with E-state index in [2.05, 4.69) is 0 Å². The Labute approximate surface area is 134 Å². The second-order valence-electron chi connectivity index (χ2n) is 6.13. The minimum atomic E-state index is -2.71. The average Bonchev–Trinajstić information content (AvgIpc) is 2.97. The predicted octanol–water partition coefficient (Wildman–Crippen LogP) is 1.07. The van der Waals surface area contributed by atoms with Gasteiger partial charge < -0.3 is 20.7 Å². The quantitative estimate of drug-likeness (QED) is 0.736. The van der Waals surface area contributed by atoms with Gasteiger partial charge in [-0.2, -0.15) is 0 Å². The summed E-state index contributed by atoms with van der Waals surface area (Å²) in [6, 6.07) is 3.18. The van der Waals surface area contributed by atoms with E-state index in [0.29, 0.717) is 0 Å². The monoisotopic (exact) mass is 345 g/mol. The lowest BCUT2D eigenvalue weighted by Gasteiger charge is -2.31. The van der Waals surface area contributed by atoms with Crippen molar-refractivity contribution in [3.63, 3.8) is 0 Å². The molecule has 0 aromatic heterocycles. The summed E-state index contributed by atoms with van der Waals surface area (Å²) in [6.45, 7) is -0.596. The largest absolute Gasteiger partial charge is 0.480 e. The van der Waals surface area contributed by atoms with Crippen molar-refractivity contribution < 1.29 is 37.7 Å². The summed E-state index contributed by atoms with van der Waals surface area (Å²) in [4.78, 5) is 22.5. The topological polar surface area (TPSA) is 110 Å². The molecule has 0 amide bonds. The highest BCUT2D eigenvalue weighted by atomic mass is 19.1. The fourth-order valence-corrected chi connectivity index (χ4v) is 3.66. The van der Waals surface area contributed by atoms with Crippen molar-refractivity contribution in [2.45, 2.75) is 30.3 Å². The van der Waals surface area contributed by atoms with Gasteiger partial charge in [-0.3, -0.25) is 4.79 Å². The van der Waals surface area contributed by atoms with Gasteiger partial charge in [0.1, 0.15) is 17.2 Å². The third kappa shape index (κ3) is 2.04. The molecule has 2 aliphatic rings. The number of fused-ring (bicyclic) bond motifs is 1. The molecule has 4 N–H and O–H groups in total. The van der Waals surface area contributed by atoms with E-state index in [1.165, 1.54) is 0 Å². The van der Waals surface area contributed by atoms with Crippen molar-refractivity contribution in [1.82, 2.24) is 0 Å². The summed E-state index contributed by atoms with van der Waals surface area (Å²) in [5.74, 6) is -7.69. The lowest BCUT2D eigenvalue weighted by molar-refractivity contribution is -0.156. The minimum absolute atomic E-state index is 0.258. The highest BCUT2D eigenvalue weighted by molar-refractivity contribution is 5.90.